The lowest BCUT2D eigenvalue weighted by molar-refractivity contribution is 1.36. The van der Waals surface area contributed by atoms with Crippen molar-refractivity contribution in [2.24, 2.45) is 0 Å². The number of nitrogens with zero attached hydrogens (tertiary/aromatic N) is 1. The van der Waals surface area contributed by atoms with Gasteiger partial charge in [-0.2, -0.15) is 0 Å². The molecule has 2 heterocycles. The maximum atomic E-state index is 4.97. The fraction of sp³-hybridized carbons (Fsp3) is 0. The van der Waals surface area contributed by atoms with E-state index in [4.69, 9.17) is 4.98 Å². The Balaban J connectivity index is 1.90. The summed E-state index contributed by atoms with van der Waals surface area (Å²) < 4.78 is 3.61. The highest BCUT2D eigenvalue weighted by molar-refractivity contribution is 14.2. The molecule has 0 spiro atoms. The summed E-state index contributed by atoms with van der Waals surface area (Å²) in [4.78, 5) is 4.97. The second kappa shape index (κ2) is 4.20. The van der Waals surface area contributed by atoms with Gasteiger partial charge in [0.2, 0.25) is 0 Å². The molecule has 0 saturated heterocycles. The van der Waals surface area contributed by atoms with Crippen LogP contribution in [-0.2, 0) is 0 Å². The minimum Gasteiger partial charge on any atom is -0.652 e. The van der Waals surface area contributed by atoms with E-state index >= 15 is 0 Å². The molecule has 0 fully saturated rings. The van der Waals surface area contributed by atoms with Gasteiger partial charge in [-0.3, -0.25) is 0 Å². The topological polar surface area (TPSA) is 14.1 Å². The van der Waals surface area contributed by atoms with Crippen molar-refractivity contribution < 1.29 is 0 Å². The maximum Gasteiger partial charge on any atom is -0.00210 e. The van der Waals surface area contributed by atoms with E-state index in [0.717, 1.165) is 5.52 Å². The van der Waals surface area contributed by atoms with Crippen molar-refractivity contribution in [1.82, 2.24) is 4.98 Å². The number of hydrogen-bond acceptors (Lipinski definition) is 0. The lowest BCUT2D eigenvalue weighted by Crippen LogP contribution is -1.82. The molecule has 6 rings (SSSR count). The van der Waals surface area contributed by atoms with Gasteiger partial charge >= 0.3 is 0 Å². The summed E-state index contributed by atoms with van der Waals surface area (Å²) in [6.07, 6.45) is 4.44. The standard InChI is InChI=1S/C21H11IN/c1-2-6-13-12(5-1)14-7-3-8-15-19(14)17(13)11-18-20(15)16-9-4-10-22-21(16)23-18/h1-11H/q-1. The van der Waals surface area contributed by atoms with E-state index in [1.54, 1.807) is 0 Å². The zero-order chi connectivity index (χ0) is 15.0. The van der Waals surface area contributed by atoms with Gasteiger partial charge in [-0.25, -0.2) is 0 Å². The van der Waals surface area contributed by atoms with Crippen LogP contribution in [-0.4, -0.2) is 4.01 Å². The molecule has 3 aromatic carbocycles. The molecule has 0 bridgehead atoms. The first-order chi connectivity index (χ1) is 11.4. The molecule has 0 saturated carbocycles. The van der Waals surface area contributed by atoms with Crippen molar-refractivity contribution in [3.05, 3.63) is 63.9 Å². The summed E-state index contributed by atoms with van der Waals surface area (Å²) in [5.74, 6) is 0. The summed E-state index contributed by atoms with van der Waals surface area (Å²) in [6, 6.07) is 17.8. The number of aromatic nitrogens is 1. The van der Waals surface area contributed by atoms with Crippen molar-refractivity contribution in [2.45, 2.75) is 0 Å². The fourth-order valence-electron chi connectivity index (χ4n) is 3.96. The molecule has 1 aromatic heterocycles. The van der Waals surface area contributed by atoms with Gasteiger partial charge in [-0.1, -0.05) is 64.4 Å². The monoisotopic (exact) mass is 404 g/mol. The third kappa shape index (κ3) is 1.45. The van der Waals surface area contributed by atoms with E-state index in [0.29, 0.717) is 0 Å². The first-order valence-electron chi connectivity index (χ1n) is 7.71. The normalized spacial score (nSPS) is 14.1. The van der Waals surface area contributed by atoms with Crippen LogP contribution in [0, 0.1) is 3.70 Å². The van der Waals surface area contributed by atoms with E-state index in [2.05, 4.69) is 64.7 Å². The molecule has 0 atom stereocenters. The minimum atomic E-state index is -0.0857. The van der Waals surface area contributed by atoms with Crippen LogP contribution in [0.5, 0.6) is 0 Å². The Bertz CT molecular complexity index is 1210. The van der Waals surface area contributed by atoms with Crippen molar-refractivity contribution in [3.8, 4) is 22.3 Å². The lowest BCUT2D eigenvalue weighted by atomic mass is 9.98. The quantitative estimate of drug-likeness (QED) is 0.308. The minimum absolute atomic E-state index is 0.0857. The van der Waals surface area contributed by atoms with Gasteiger partial charge in [0.25, 0.3) is 0 Å². The molecular weight excluding hydrogens is 393 g/mol. The number of halogens is 1. The number of hydrogen-bond donors (Lipinski definition) is 0. The molecule has 0 radical (unpaired) electrons. The number of allylic oxidation sites excluding steroid dienone is 1. The van der Waals surface area contributed by atoms with E-state index in [1.807, 2.05) is 0 Å². The zero-order valence-electron chi connectivity index (χ0n) is 12.2. The molecule has 4 aromatic rings. The van der Waals surface area contributed by atoms with Gasteiger partial charge in [-0.05, 0) is 48.0 Å². The largest absolute Gasteiger partial charge is 0.652 e. The Labute approximate surface area is 143 Å². The Morgan fingerprint density at radius 1 is 0.783 bits per heavy atom. The highest BCUT2D eigenvalue weighted by atomic mass is 127. The maximum absolute atomic E-state index is 4.97. The van der Waals surface area contributed by atoms with Gasteiger partial charge in [0.1, 0.15) is 0 Å². The smallest absolute Gasteiger partial charge is 0.00210 e. The van der Waals surface area contributed by atoms with E-state index in [9.17, 15) is 0 Å². The number of fused-ring (bicyclic) bond motifs is 7. The van der Waals surface area contributed by atoms with E-state index < -0.39 is 0 Å². The molecule has 1 aliphatic carbocycles. The third-order valence-electron chi connectivity index (χ3n) is 4.86. The Kier molecular flexibility index (Phi) is 2.24. The van der Waals surface area contributed by atoms with Crippen LogP contribution >= 0.6 is 20.7 Å². The lowest BCUT2D eigenvalue weighted by Gasteiger charge is -2.09. The van der Waals surface area contributed by atoms with Crippen LogP contribution in [0.25, 0.3) is 50.0 Å². The van der Waals surface area contributed by atoms with Gasteiger partial charge in [0, 0.05) is 0 Å². The summed E-state index contributed by atoms with van der Waals surface area (Å²) in [5.41, 5.74) is 7.93. The summed E-state index contributed by atoms with van der Waals surface area (Å²) in [6.45, 7) is 0. The molecule has 0 unspecified atom stereocenters. The predicted octanol–water partition coefficient (Wildman–Crippen LogP) is 5.57. The van der Waals surface area contributed by atoms with Crippen LogP contribution in [0.2, 0.25) is 0 Å². The molecule has 23 heavy (non-hydrogen) atoms. The Morgan fingerprint density at radius 2 is 1.61 bits per heavy atom. The van der Waals surface area contributed by atoms with Gasteiger partial charge in [0.15, 0.2) is 0 Å². The van der Waals surface area contributed by atoms with E-state index in [1.165, 1.54) is 47.7 Å². The molecule has 2 aliphatic rings. The molecule has 0 N–H and O–H groups in total. The second-order valence-electron chi connectivity index (χ2n) is 6.00. The number of benzene rings is 3. The molecule has 0 amide bonds. The molecule has 1 nitrogen and oxygen atoms in total. The molecule has 1 aliphatic heterocycles. The van der Waals surface area contributed by atoms with E-state index in [-0.39, 0.29) is 20.7 Å². The van der Waals surface area contributed by atoms with Crippen molar-refractivity contribution in [2.75, 3.05) is 0 Å². The Hall–Kier alpha value is -2.20. The zero-order valence-corrected chi connectivity index (χ0v) is 14.3. The summed E-state index contributed by atoms with van der Waals surface area (Å²) in [5, 5.41) is 4.10. The predicted molar refractivity (Wildman–Crippen MR) is 107 cm³/mol. The first-order valence-corrected chi connectivity index (χ1v) is 10.0. The summed E-state index contributed by atoms with van der Waals surface area (Å²) >= 11 is -0.0857. The van der Waals surface area contributed by atoms with Crippen LogP contribution < -0.4 is 4.98 Å². The third-order valence-corrected chi connectivity index (χ3v) is 7.05. The summed E-state index contributed by atoms with van der Waals surface area (Å²) in [7, 11) is 0. The number of rotatable bonds is 0. The van der Waals surface area contributed by atoms with Gasteiger partial charge in [0.05, 0.1) is 0 Å². The van der Waals surface area contributed by atoms with Crippen molar-refractivity contribution in [1.29, 1.82) is 0 Å². The van der Waals surface area contributed by atoms with Gasteiger partial charge < -0.3 is 4.98 Å². The first kappa shape index (κ1) is 12.3. The van der Waals surface area contributed by atoms with Crippen molar-refractivity contribution >= 4 is 52.5 Å². The molecular formula is C21H11IN-. The van der Waals surface area contributed by atoms with Crippen molar-refractivity contribution in [3.63, 3.8) is 0 Å². The highest BCUT2D eigenvalue weighted by Gasteiger charge is 2.22. The average Bonchev–Trinajstić information content (AvgIpc) is 3.13. The molecule has 2 heteroatoms. The van der Waals surface area contributed by atoms with Crippen LogP contribution in [0.3, 0.4) is 0 Å². The average molecular weight is 404 g/mol. The van der Waals surface area contributed by atoms with Crippen LogP contribution in [0.4, 0.5) is 0 Å². The highest BCUT2D eigenvalue weighted by Crippen LogP contribution is 2.50. The van der Waals surface area contributed by atoms with Crippen LogP contribution in [0.1, 0.15) is 5.56 Å². The Morgan fingerprint density at radius 3 is 2.52 bits per heavy atom. The second-order valence-corrected chi connectivity index (χ2v) is 8.37. The van der Waals surface area contributed by atoms with Gasteiger partial charge in [-0.15, -0.1) is 26.2 Å². The van der Waals surface area contributed by atoms with Crippen LogP contribution in [0.15, 0.2) is 54.6 Å². The fourth-order valence-corrected chi connectivity index (χ4v) is 5.90. The molecule has 108 valence electrons. The SMILES string of the molecule is C1=Cc2c([n-]c3cc4c5c(cccc5c23)-c2ccccc2-4)I=C1.